The average molecular weight is 594 g/mol. The minimum atomic E-state index is -1.27. The second kappa shape index (κ2) is 11.8. The summed E-state index contributed by atoms with van der Waals surface area (Å²) in [4.78, 5) is 34.3. The van der Waals surface area contributed by atoms with Gasteiger partial charge in [-0.15, -0.1) is 0 Å². The number of hydrogen-bond acceptors (Lipinski definition) is 8. The zero-order valence-corrected chi connectivity index (χ0v) is 24.2. The molecule has 42 heavy (non-hydrogen) atoms. The first kappa shape index (κ1) is 27.7. The van der Waals surface area contributed by atoms with Crippen LogP contribution in [-0.2, 0) is 16.0 Å². The summed E-state index contributed by atoms with van der Waals surface area (Å²) in [6.45, 7) is 2.02. The molecule has 210 valence electrons. The summed E-state index contributed by atoms with van der Waals surface area (Å²) >= 11 is 2.78. The highest BCUT2D eigenvalue weighted by atomic mass is 32.1. The van der Waals surface area contributed by atoms with Gasteiger partial charge in [-0.3, -0.25) is 14.9 Å². The van der Waals surface area contributed by atoms with Crippen LogP contribution in [0.5, 0.6) is 0 Å². The first-order valence-electron chi connectivity index (χ1n) is 13.3. The topological polar surface area (TPSA) is 130 Å². The van der Waals surface area contributed by atoms with Gasteiger partial charge in [0.15, 0.2) is 16.4 Å². The Bertz CT molecular complexity index is 1900. The smallest absolute Gasteiger partial charge is 0.259 e. The highest BCUT2D eigenvalue weighted by molar-refractivity contribution is 7.22. The Morgan fingerprint density at radius 3 is 2.05 bits per heavy atom. The van der Waals surface area contributed by atoms with E-state index in [0.717, 1.165) is 37.1 Å². The first-order valence-corrected chi connectivity index (χ1v) is 14.9. The van der Waals surface area contributed by atoms with E-state index in [9.17, 15) is 14.7 Å². The van der Waals surface area contributed by atoms with Crippen molar-refractivity contribution in [1.82, 2.24) is 9.97 Å². The Balaban J connectivity index is 1.08. The number of amides is 2. The first-order chi connectivity index (χ1) is 20.3. The van der Waals surface area contributed by atoms with Crippen molar-refractivity contribution in [2.45, 2.75) is 25.5 Å². The van der Waals surface area contributed by atoms with Crippen LogP contribution in [0.3, 0.4) is 0 Å². The standard InChI is InChI=1S/C32H27N5O3S2/c1-18-7-13-23-25(15-18)41-31(34-23)36-29(39)27(33)21-11-8-19(9-12-21)16-20-10-14-24-26(17-20)42-32(35-24)37-30(40)28(38)22-5-3-2-4-6-22/h2-15,17,27-28,38H,16,33H2,1H3,(H,34,36,39)(H,35,37,40). The largest absolute Gasteiger partial charge is 0.378 e. The van der Waals surface area contributed by atoms with E-state index in [1.165, 1.54) is 22.7 Å². The van der Waals surface area contributed by atoms with Gasteiger partial charge in [-0.2, -0.15) is 0 Å². The highest BCUT2D eigenvalue weighted by Crippen LogP contribution is 2.30. The molecule has 8 nitrogen and oxygen atoms in total. The Morgan fingerprint density at radius 1 is 0.762 bits per heavy atom. The van der Waals surface area contributed by atoms with Crippen LogP contribution in [0, 0.1) is 6.92 Å². The number of rotatable bonds is 8. The lowest BCUT2D eigenvalue weighted by Crippen LogP contribution is -2.27. The van der Waals surface area contributed by atoms with E-state index < -0.39 is 18.1 Å². The zero-order chi connectivity index (χ0) is 29.2. The molecule has 2 atom stereocenters. The van der Waals surface area contributed by atoms with Crippen molar-refractivity contribution < 1.29 is 14.7 Å². The maximum Gasteiger partial charge on any atom is 0.259 e. The van der Waals surface area contributed by atoms with Crippen molar-refractivity contribution in [3.63, 3.8) is 0 Å². The second-order valence-corrected chi connectivity index (χ2v) is 12.1. The highest BCUT2D eigenvalue weighted by Gasteiger charge is 2.20. The Kier molecular flexibility index (Phi) is 7.77. The average Bonchev–Trinajstić information content (AvgIpc) is 3.59. The van der Waals surface area contributed by atoms with Gasteiger partial charge < -0.3 is 16.2 Å². The number of hydrogen-bond donors (Lipinski definition) is 4. The molecule has 2 unspecified atom stereocenters. The van der Waals surface area contributed by atoms with Gasteiger partial charge in [0, 0.05) is 0 Å². The molecule has 0 fully saturated rings. The number of carbonyl (C=O) groups is 2. The summed E-state index contributed by atoms with van der Waals surface area (Å²) in [6.07, 6.45) is -0.595. The van der Waals surface area contributed by atoms with Gasteiger partial charge in [0.05, 0.1) is 20.4 Å². The summed E-state index contributed by atoms with van der Waals surface area (Å²) in [5.74, 6) is -0.837. The van der Waals surface area contributed by atoms with Gasteiger partial charge in [-0.05, 0) is 65.4 Å². The Hall–Kier alpha value is -4.48. The predicted octanol–water partition coefficient (Wildman–Crippen LogP) is 6.12. The van der Waals surface area contributed by atoms with Crippen LogP contribution >= 0.6 is 22.7 Å². The fourth-order valence-electron chi connectivity index (χ4n) is 4.59. The number of aromatic nitrogens is 2. The quantitative estimate of drug-likeness (QED) is 0.168. The number of nitrogens with one attached hydrogen (secondary N) is 2. The molecular weight excluding hydrogens is 567 g/mol. The van der Waals surface area contributed by atoms with Crippen LogP contribution in [0.15, 0.2) is 91.0 Å². The molecule has 0 bridgehead atoms. The van der Waals surface area contributed by atoms with Crippen molar-refractivity contribution in [3.8, 4) is 0 Å². The van der Waals surface area contributed by atoms with Crippen LogP contribution in [0.4, 0.5) is 10.3 Å². The van der Waals surface area contributed by atoms with Crippen LogP contribution in [0.2, 0.25) is 0 Å². The van der Waals surface area contributed by atoms with E-state index in [1.807, 2.05) is 73.7 Å². The molecule has 2 aromatic heterocycles. The van der Waals surface area contributed by atoms with Crippen LogP contribution in [-0.4, -0.2) is 26.9 Å². The number of anilines is 2. The number of aliphatic hydroxyl groups excluding tert-OH is 1. The summed E-state index contributed by atoms with van der Waals surface area (Å²) in [7, 11) is 0. The number of thiazole rings is 2. The molecule has 0 radical (unpaired) electrons. The molecule has 0 saturated heterocycles. The Labute approximate surface area is 249 Å². The lowest BCUT2D eigenvalue weighted by Gasteiger charge is -2.12. The molecule has 6 aromatic rings. The molecule has 0 aliphatic carbocycles. The SMILES string of the molecule is Cc1ccc2nc(NC(=O)C(N)c3ccc(Cc4ccc5nc(NC(=O)C(O)c6ccccc6)sc5c4)cc3)sc2c1. The van der Waals surface area contributed by atoms with Crippen LogP contribution in [0.25, 0.3) is 20.4 Å². The number of aryl methyl sites for hydroxylation is 1. The molecule has 0 saturated carbocycles. The molecule has 5 N–H and O–H groups in total. The third-order valence-electron chi connectivity index (χ3n) is 6.85. The number of nitrogens with zero attached hydrogens (tertiary/aromatic N) is 2. The lowest BCUT2D eigenvalue weighted by atomic mass is 10.0. The molecule has 0 aliphatic heterocycles. The molecular formula is C32H27N5O3S2. The van der Waals surface area contributed by atoms with E-state index in [2.05, 4.69) is 20.6 Å². The summed E-state index contributed by atoms with van der Waals surface area (Å²) in [5.41, 5.74) is 12.4. The maximum atomic E-state index is 12.8. The summed E-state index contributed by atoms with van der Waals surface area (Å²) in [6, 6.07) is 27.6. The number of aliphatic hydroxyl groups is 1. The summed E-state index contributed by atoms with van der Waals surface area (Å²) in [5, 5.41) is 16.9. The van der Waals surface area contributed by atoms with Crippen molar-refractivity contribution in [1.29, 1.82) is 0 Å². The van der Waals surface area contributed by atoms with Crippen molar-refractivity contribution >= 4 is 65.2 Å². The number of benzene rings is 4. The molecule has 0 aliphatic rings. The van der Waals surface area contributed by atoms with Crippen LogP contribution in [0.1, 0.15) is 40.0 Å². The predicted molar refractivity (Wildman–Crippen MR) is 169 cm³/mol. The number of nitrogens with two attached hydrogens (primary N) is 1. The zero-order valence-electron chi connectivity index (χ0n) is 22.6. The van der Waals surface area contributed by atoms with Gasteiger partial charge in [0.1, 0.15) is 6.04 Å². The molecule has 10 heteroatoms. The fourth-order valence-corrected chi connectivity index (χ4v) is 6.49. The maximum absolute atomic E-state index is 12.8. The van der Waals surface area contributed by atoms with Crippen molar-refractivity contribution in [3.05, 3.63) is 119 Å². The lowest BCUT2D eigenvalue weighted by molar-refractivity contribution is -0.124. The van der Waals surface area contributed by atoms with Gasteiger partial charge in [0.2, 0.25) is 5.91 Å². The molecule has 0 spiro atoms. The van der Waals surface area contributed by atoms with E-state index >= 15 is 0 Å². The molecule has 2 heterocycles. The minimum absolute atomic E-state index is 0.312. The van der Waals surface area contributed by atoms with E-state index in [-0.39, 0.29) is 5.91 Å². The van der Waals surface area contributed by atoms with Gasteiger partial charge in [-0.1, -0.05) is 89.4 Å². The third-order valence-corrected chi connectivity index (χ3v) is 8.72. The van der Waals surface area contributed by atoms with Crippen LogP contribution < -0.4 is 16.4 Å². The minimum Gasteiger partial charge on any atom is -0.378 e. The van der Waals surface area contributed by atoms with Gasteiger partial charge >= 0.3 is 0 Å². The number of fused-ring (bicyclic) bond motifs is 2. The van der Waals surface area contributed by atoms with Crippen molar-refractivity contribution in [2.75, 3.05) is 10.6 Å². The second-order valence-electron chi connectivity index (χ2n) is 10.00. The number of carbonyl (C=O) groups excluding carboxylic acids is 2. The van der Waals surface area contributed by atoms with Gasteiger partial charge in [0.25, 0.3) is 5.91 Å². The molecule has 6 rings (SSSR count). The van der Waals surface area contributed by atoms with E-state index in [4.69, 9.17) is 5.73 Å². The van der Waals surface area contributed by atoms with Gasteiger partial charge in [-0.25, -0.2) is 9.97 Å². The monoisotopic (exact) mass is 593 g/mol. The molecule has 4 aromatic carbocycles. The van der Waals surface area contributed by atoms with E-state index in [0.29, 0.717) is 27.8 Å². The summed E-state index contributed by atoms with van der Waals surface area (Å²) < 4.78 is 1.94. The molecule has 2 amide bonds. The third kappa shape index (κ3) is 6.07. The normalized spacial score (nSPS) is 12.7. The van der Waals surface area contributed by atoms with Crippen molar-refractivity contribution in [2.24, 2.45) is 5.73 Å². The van der Waals surface area contributed by atoms with E-state index in [1.54, 1.807) is 24.3 Å². The fraction of sp³-hybridized carbons (Fsp3) is 0.125. The Morgan fingerprint density at radius 2 is 1.36 bits per heavy atom.